The Morgan fingerprint density at radius 1 is 1.19 bits per heavy atom. The lowest BCUT2D eigenvalue weighted by atomic mass is 10.1. The summed E-state index contributed by atoms with van der Waals surface area (Å²) in [6.45, 7) is 4.42. The lowest BCUT2D eigenvalue weighted by molar-refractivity contribution is -0.383. The van der Waals surface area contributed by atoms with Crippen LogP contribution in [0.3, 0.4) is 0 Å². The number of nitro benzene ring substituents is 1. The fourth-order valence-electron chi connectivity index (χ4n) is 2.05. The molecule has 0 aliphatic rings. The summed E-state index contributed by atoms with van der Waals surface area (Å²) in [6, 6.07) is 10.5. The van der Waals surface area contributed by atoms with E-state index in [0.29, 0.717) is 22.9 Å². The van der Waals surface area contributed by atoms with Crippen LogP contribution in [0.1, 0.15) is 12.5 Å². The van der Waals surface area contributed by atoms with Crippen molar-refractivity contribution in [2.45, 2.75) is 13.8 Å². The largest absolute Gasteiger partial charge is 0.380 e. The Bertz CT molecular complexity index is 674. The molecule has 0 radical (unpaired) electrons. The Kier molecular flexibility index (Phi) is 4.65. The first-order valence-corrected chi connectivity index (χ1v) is 6.95. The van der Waals surface area contributed by atoms with Crippen LogP contribution in [0.5, 0.6) is 0 Å². The van der Waals surface area contributed by atoms with Crippen molar-refractivity contribution in [2.75, 3.05) is 17.2 Å². The molecule has 0 heterocycles. The summed E-state index contributed by atoms with van der Waals surface area (Å²) in [5, 5.41) is 18.0. The minimum Gasteiger partial charge on any atom is -0.380 e. The van der Waals surface area contributed by atoms with E-state index in [1.165, 1.54) is 0 Å². The second-order valence-corrected chi connectivity index (χ2v) is 5.01. The minimum atomic E-state index is -0.389. The normalized spacial score (nSPS) is 10.2. The van der Waals surface area contributed by atoms with Crippen LogP contribution in [-0.4, -0.2) is 11.5 Å². The number of para-hydroxylation sites is 1. The molecule has 6 heteroatoms. The molecule has 21 heavy (non-hydrogen) atoms. The molecular formula is C15H16ClN3O2. The van der Waals surface area contributed by atoms with Gasteiger partial charge in [0.2, 0.25) is 0 Å². The standard InChI is InChI=1S/C15H16ClN3O2/c1-3-17-12-5-4-6-13(15(12)19(20)21)18-14-9-11(16)8-7-10(14)2/h4-9,17-18H,3H2,1-2H3. The van der Waals surface area contributed by atoms with Crippen molar-refractivity contribution in [3.05, 3.63) is 57.1 Å². The van der Waals surface area contributed by atoms with Crippen molar-refractivity contribution in [1.29, 1.82) is 0 Å². The van der Waals surface area contributed by atoms with Gasteiger partial charge in [-0.2, -0.15) is 0 Å². The predicted octanol–water partition coefficient (Wildman–Crippen LogP) is 4.73. The van der Waals surface area contributed by atoms with Crippen LogP contribution in [0, 0.1) is 17.0 Å². The third kappa shape index (κ3) is 3.44. The van der Waals surface area contributed by atoms with Crippen molar-refractivity contribution in [3.63, 3.8) is 0 Å². The molecular weight excluding hydrogens is 290 g/mol. The maximum atomic E-state index is 11.4. The quantitative estimate of drug-likeness (QED) is 0.619. The highest BCUT2D eigenvalue weighted by atomic mass is 35.5. The van der Waals surface area contributed by atoms with Gasteiger partial charge in [-0.05, 0) is 43.7 Å². The van der Waals surface area contributed by atoms with Crippen LogP contribution >= 0.6 is 11.6 Å². The Labute approximate surface area is 128 Å². The lowest BCUT2D eigenvalue weighted by Gasteiger charge is -2.12. The topological polar surface area (TPSA) is 67.2 Å². The van der Waals surface area contributed by atoms with Crippen LogP contribution < -0.4 is 10.6 Å². The molecule has 0 spiro atoms. The first kappa shape index (κ1) is 15.1. The van der Waals surface area contributed by atoms with E-state index in [9.17, 15) is 10.1 Å². The van der Waals surface area contributed by atoms with Crippen molar-refractivity contribution in [2.24, 2.45) is 0 Å². The molecule has 0 unspecified atom stereocenters. The molecule has 0 bridgehead atoms. The highest BCUT2D eigenvalue weighted by Gasteiger charge is 2.19. The molecule has 0 saturated carbocycles. The zero-order valence-electron chi connectivity index (χ0n) is 11.8. The molecule has 0 aliphatic carbocycles. The summed E-state index contributed by atoms with van der Waals surface area (Å²) < 4.78 is 0. The van der Waals surface area contributed by atoms with E-state index in [0.717, 1.165) is 11.3 Å². The van der Waals surface area contributed by atoms with Gasteiger partial charge in [-0.15, -0.1) is 0 Å². The van der Waals surface area contributed by atoms with Gasteiger partial charge in [0, 0.05) is 17.3 Å². The van der Waals surface area contributed by atoms with Crippen LogP contribution in [-0.2, 0) is 0 Å². The molecule has 2 N–H and O–H groups in total. The zero-order valence-corrected chi connectivity index (χ0v) is 12.6. The van der Waals surface area contributed by atoms with E-state index in [2.05, 4.69) is 10.6 Å². The number of hydrogen-bond acceptors (Lipinski definition) is 4. The summed E-state index contributed by atoms with van der Waals surface area (Å²) in [5.74, 6) is 0. The number of aryl methyl sites for hydroxylation is 1. The molecule has 0 fully saturated rings. The minimum absolute atomic E-state index is 0.0266. The lowest BCUT2D eigenvalue weighted by Crippen LogP contribution is -2.04. The number of nitrogens with one attached hydrogen (secondary N) is 2. The molecule has 110 valence electrons. The van der Waals surface area contributed by atoms with Gasteiger partial charge in [-0.1, -0.05) is 23.7 Å². The summed E-state index contributed by atoms with van der Waals surface area (Å²) in [5.41, 5.74) is 2.66. The summed E-state index contributed by atoms with van der Waals surface area (Å²) in [6.07, 6.45) is 0. The van der Waals surface area contributed by atoms with Crippen LogP contribution in [0.2, 0.25) is 5.02 Å². The number of anilines is 3. The number of nitro groups is 1. The smallest absolute Gasteiger partial charge is 0.315 e. The summed E-state index contributed by atoms with van der Waals surface area (Å²) in [4.78, 5) is 11.0. The highest BCUT2D eigenvalue weighted by Crippen LogP contribution is 2.35. The van der Waals surface area contributed by atoms with Gasteiger partial charge < -0.3 is 10.6 Å². The maximum absolute atomic E-state index is 11.4. The Morgan fingerprint density at radius 2 is 1.90 bits per heavy atom. The van der Waals surface area contributed by atoms with E-state index in [1.807, 2.05) is 19.9 Å². The molecule has 0 aliphatic heterocycles. The highest BCUT2D eigenvalue weighted by molar-refractivity contribution is 6.30. The molecule has 0 aromatic heterocycles. The molecule has 2 aromatic carbocycles. The average molecular weight is 306 g/mol. The molecule has 0 amide bonds. The monoisotopic (exact) mass is 305 g/mol. The number of nitrogens with zero attached hydrogens (tertiary/aromatic N) is 1. The van der Waals surface area contributed by atoms with Crippen LogP contribution in [0.15, 0.2) is 36.4 Å². The first-order valence-electron chi connectivity index (χ1n) is 6.57. The van der Waals surface area contributed by atoms with E-state index in [-0.39, 0.29) is 10.6 Å². The molecule has 2 rings (SSSR count). The molecule has 5 nitrogen and oxygen atoms in total. The van der Waals surface area contributed by atoms with Gasteiger partial charge in [0.1, 0.15) is 11.4 Å². The third-order valence-electron chi connectivity index (χ3n) is 3.05. The number of benzene rings is 2. The Morgan fingerprint density at radius 3 is 2.57 bits per heavy atom. The van der Waals surface area contributed by atoms with Gasteiger partial charge in [-0.25, -0.2) is 0 Å². The maximum Gasteiger partial charge on any atom is 0.315 e. The second kappa shape index (κ2) is 6.45. The molecule has 2 aromatic rings. The number of rotatable bonds is 5. The average Bonchev–Trinajstić information content (AvgIpc) is 2.43. The molecule has 0 atom stereocenters. The van der Waals surface area contributed by atoms with Gasteiger partial charge in [0.25, 0.3) is 0 Å². The van der Waals surface area contributed by atoms with Gasteiger partial charge in [-0.3, -0.25) is 10.1 Å². The van der Waals surface area contributed by atoms with Gasteiger partial charge >= 0.3 is 5.69 Å². The van der Waals surface area contributed by atoms with E-state index in [4.69, 9.17) is 11.6 Å². The second-order valence-electron chi connectivity index (χ2n) is 4.57. The number of halogens is 1. The van der Waals surface area contributed by atoms with E-state index in [1.54, 1.807) is 30.3 Å². The fraction of sp³-hybridized carbons (Fsp3) is 0.200. The third-order valence-corrected chi connectivity index (χ3v) is 3.29. The predicted molar refractivity (Wildman–Crippen MR) is 86.7 cm³/mol. The Balaban J connectivity index is 2.46. The van der Waals surface area contributed by atoms with Crippen molar-refractivity contribution in [3.8, 4) is 0 Å². The Hall–Kier alpha value is -2.27. The summed E-state index contributed by atoms with van der Waals surface area (Å²) >= 11 is 5.98. The first-order chi connectivity index (χ1) is 10.0. The molecule has 0 saturated heterocycles. The van der Waals surface area contributed by atoms with Crippen LogP contribution in [0.4, 0.5) is 22.7 Å². The van der Waals surface area contributed by atoms with Gasteiger partial charge in [0.05, 0.1) is 4.92 Å². The van der Waals surface area contributed by atoms with E-state index < -0.39 is 0 Å². The van der Waals surface area contributed by atoms with Crippen LogP contribution in [0.25, 0.3) is 0 Å². The zero-order chi connectivity index (χ0) is 15.4. The van der Waals surface area contributed by atoms with Crippen molar-refractivity contribution >= 4 is 34.4 Å². The van der Waals surface area contributed by atoms with Crippen molar-refractivity contribution < 1.29 is 4.92 Å². The van der Waals surface area contributed by atoms with Crippen molar-refractivity contribution in [1.82, 2.24) is 0 Å². The fourth-order valence-corrected chi connectivity index (χ4v) is 2.22. The summed E-state index contributed by atoms with van der Waals surface area (Å²) in [7, 11) is 0. The SMILES string of the molecule is CCNc1cccc(Nc2cc(Cl)ccc2C)c1[N+](=O)[O-]. The number of hydrogen-bond donors (Lipinski definition) is 2. The van der Waals surface area contributed by atoms with Gasteiger partial charge in [0.15, 0.2) is 0 Å². The van der Waals surface area contributed by atoms with E-state index >= 15 is 0 Å².